The highest BCUT2D eigenvalue weighted by Crippen LogP contribution is 2.28. The second-order valence-corrected chi connectivity index (χ2v) is 7.81. The fraction of sp³-hybridized carbons (Fsp3) is 0.571. The molecule has 0 aliphatic heterocycles. The average Bonchev–Trinajstić information content (AvgIpc) is 3.21. The molecular weight excluding hydrogens is 296 g/mol. The van der Waals surface area contributed by atoms with Crippen LogP contribution in [0.15, 0.2) is 24.3 Å². The van der Waals surface area contributed by atoms with Gasteiger partial charge in [0.1, 0.15) is 0 Å². The summed E-state index contributed by atoms with van der Waals surface area (Å²) in [6.07, 6.45) is 2.32. The van der Waals surface area contributed by atoms with Crippen LogP contribution in [0.25, 0.3) is 0 Å². The van der Waals surface area contributed by atoms with E-state index in [-0.39, 0.29) is 11.8 Å². The molecule has 112 valence electrons. The molecule has 1 aromatic carbocycles. The largest absolute Gasteiger partial charge is 0.313 e. The maximum absolute atomic E-state index is 12.3. The lowest BCUT2D eigenvalue weighted by atomic mass is 10.1. The lowest BCUT2D eigenvalue weighted by molar-refractivity contribution is 0.398. The molecule has 1 aliphatic carbocycles. The molecule has 2 rings (SSSR count). The molecule has 0 radical (unpaired) electrons. The van der Waals surface area contributed by atoms with Crippen LogP contribution in [0.4, 0.5) is 0 Å². The van der Waals surface area contributed by atoms with E-state index in [1.165, 1.54) is 4.31 Å². The Morgan fingerprint density at radius 3 is 2.65 bits per heavy atom. The fourth-order valence-corrected chi connectivity index (χ4v) is 3.63. The Hall–Kier alpha value is -0.620. The van der Waals surface area contributed by atoms with Gasteiger partial charge in [0.15, 0.2) is 0 Å². The van der Waals surface area contributed by atoms with Gasteiger partial charge in [-0.2, -0.15) is 4.31 Å². The average molecular weight is 317 g/mol. The van der Waals surface area contributed by atoms with Gasteiger partial charge in [0.25, 0.3) is 0 Å². The van der Waals surface area contributed by atoms with Gasteiger partial charge in [0.05, 0.1) is 5.75 Å². The van der Waals surface area contributed by atoms with Crippen LogP contribution in [0.2, 0.25) is 5.02 Å². The lowest BCUT2D eigenvalue weighted by Crippen LogP contribution is -2.35. The molecule has 0 heterocycles. The number of hydrogen-bond donors (Lipinski definition) is 1. The zero-order valence-corrected chi connectivity index (χ0v) is 13.4. The predicted molar refractivity (Wildman–Crippen MR) is 82.4 cm³/mol. The molecule has 1 aliphatic rings. The molecule has 1 atom stereocenters. The van der Waals surface area contributed by atoms with Crippen molar-refractivity contribution in [1.82, 2.24) is 9.62 Å². The first kappa shape index (κ1) is 15.8. The van der Waals surface area contributed by atoms with Crippen molar-refractivity contribution in [2.75, 3.05) is 19.3 Å². The molecule has 0 aromatic heterocycles. The number of sulfonamides is 1. The lowest BCUT2D eigenvalue weighted by Gasteiger charge is -2.25. The molecule has 1 fully saturated rings. The quantitative estimate of drug-likeness (QED) is 0.840. The van der Waals surface area contributed by atoms with Gasteiger partial charge in [-0.25, -0.2) is 8.42 Å². The van der Waals surface area contributed by atoms with Crippen LogP contribution >= 0.6 is 11.6 Å². The summed E-state index contributed by atoms with van der Waals surface area (Å²) in [6, 6.07) is 7.61. The van der Waals surface area contributed by atoms with E-state index in [1.54, 1.807) is 13.1 Å². The highest BCUT2D eigenvalue weighted by Gasteiger charge is 2.26. The molecule has 0 spiro atoms. The number of nitrogens with one attached hydrogen (secondary N) is 1. The van der Waals surface area contributed by atoms with Crippen LogP contribution in [0.3, 0.4) is 0 Å². The molecule has 0 saturated heterocycles. The molecule has 0 bridgehead atoms. The third-order valence-electron chi connectivity index (χ3n) is 3.71. The summed E-state index contributed by atoms with van der Waals surface area (Å²) in [5.74, 6) is 0.120. The van der Waals surface area contributed by atoms with E-state index in [4.69, 9.17) is 11.6 Å². The predicted octanol–water partition coefficient (Wildman–Crippen LogP) is 2.41. The molecule has 1 N–H and O–H groups in total. The molecule has 1 aromatic rings. The van der Waals surface area contributed by atoms with E-state index in [1.807, 2.05) is 25.1 Å². The smallest absolute Gasteiger partial charge is 0.215 e. The summed E-state index contributed by atoms with van der Waals surface area (Å²) in [4.78, 5) is 0. The van der Waals surface area contributed by atoms with Gasteiger partial charge < -0.3 is 5.32 Å². The van der Waals surface area contributed by atoms with Gasteiger partial charge in [0.2, 0.25) is 10.0 Å². The van der Waals surface area contributed by atoms with E-state index >= 15 is 0 Å². The van der Waals surface area contributed by atoms with E-state index in [0.717, 1.165) is 18.4 Å². The maximum atomic E-state index is 12.3. The number of nitrogens with zero attached hydrogens (tertiary/aromatic N) is 1. The van der Waals surface area contributed by atoms with Gasteiger partial charge in [-0.15, -0.1) is 0 Å². The van der Waals surface area contributed by atoms with Crippen LogP contribution in [-0.4, -0.2) is 38.1 Å². The second-order valence-electron chi connectivity index (χ2n) is 5.26. The van der Waals surface area contributed by atoms with E-state index in [2.05, 4.69) is 5.32 Å². The minimum absolute atomic E-state index is 0.120. The summed E-state index contributed by atoms with van der Waals surface area (Å²) in [6.45, 7) is 2.36. The Balaban J connectivity index is 2.00. The Morgan fingerprint density at radius 2 is 2.05 bits per heavy atom. The van der Waals surface area contributed by atoms with Gasteiger partial charge in [-0.1, -0.05) is 29.8 Å². The van der Waals surface area contributed by atoms with Crippen molar-refractivity contribution in [3.05, 3.63) is 34.9 Å². The highest BCUT2D eigenvalue weighted by atomic mass is 35.5. The number of halogens is 1. The third kappa shape index (κ3) is 3.95. The van der Waals surface area contributed by atoms with Crippen LogP contribution in [-0.2, 0) is 10.0 Å². The summed E-state index contributed by atoms with van der Waals surface area (Å²) < 4.78 is 26.0. The molecule has 20 heavy (non-hydrogen) atoms. The molecule has 4 nitrogen and oxygen atoms in total. The Morgan fingerprint density at radius 1 is 1.40 bits per heavy atom. The fourth-order valence-electron chi connectivity index (χ4n) is 2.07. The van der Waals surface area contributed by atoms with Gasteiger partial charge in [-0.3, -0.25) is 0 Å². The van der Waals surface area contributed by atoms with Crippen molar-refractivity contribution in [3.8, 4) is 0 Å². The first-order valence-electron chi connectivity index (χ1n) is 6.85. The Bertz CT molecular complexity index is 558. The topological polar surface area (TPSA) is 49.4 Å². The van der Waals surface area contributed by atoms with Crippen molar-refractivity contribution in [1.29, 1.82) is 0 Å². The van der Waals surface area contributed by atoms with E-state index in [0.29, 0.717) is 17.6 Å². The summed E-state index contributed by atoms with van der Waals surface area (Å²) >= 11 is 6.13. The van der Waals surface area contributed by atoms with Crippen LogP contribution in [0, 0.1) is 0 Å². The zero-order chi connectivity index (χ0) is 14.8. The number of hydrogen-bond acceptors (Lipinski definition) is 3. The molecule has 1 saturated carbocycles. The maximum Gasteiger partial charge on any atom is 0.215 e. The van der Waals surface area contributed by atoms with Crippen molar-refractivity contribution in [2.24, 2.45) is 0 Å². The number of rotatable bonds is 7. The first-order valence-corrected chi connectivity index (χ1v) is 8.84. The van der Waals surface area contributed by atoms with Crippen LogP contribution in [0.1, 0.15) is 31.4 Å². The van der Waals surface area contributed by atoms with Crippen molar-refractivity contribution < 1.29 is 8.42 Å². The normalized spacial score (nSPS) is 17.4. The van der Waals surface area contributed by atoms with Crippen molar-refractivity contribution in [2.45, 2.75) is 31.8 Å². The van der Waals surface area contributed by atoms with Crippen LogP contribution < -0.4 is 5.32 Å². The van der Waals surface area contributed by atoms with Crippen LogP contribution in [0.5, 0.6) is 0 Å². The van der Waals surface area contributed by atoms with Gasteiger partial charge in [0, 0.05) is 30.7 Å². The first-order chi connectivity index (χ1) is 9.42. The molecular formula is C14H21ClN2O2S. The minimum atomic E-state index is -3.28. The van der Waals surface area contributed by atoms with E-state index in [9.17, 15) is 8.42 Å². The summed E-state index contributed by atoms with van der Waals surface area (Å²) in [5.41, 5.74) is 0.829. The summed E-state index contributed by atoms with van der Waals surface area (Å²) in [5, 5.41) is 3.82. The minimum Gasteiger partial charge on any atom is -0.313 e. The van der Waals surface area contributed by atoms with Gasteiger partial charge in [-0.05, 0) is 31.4 Å². The number of benzene rings is 1. The van der Waals surface area contributed by atoms with Crippen molar-refractivity contribution in [3.63, 3.8) is 0 Å². The highest BCUT2D eigenvalue weighted by molar-refractivity contribution is 7.89. The molecule has 0 amide bonds. The van der Waals surface area contributed by atoms with Crippen molar-refractivity contribution >= 4 is 21.6 Å². The SMILES string of the molecule is CC(c1ccccc1Cl)N(C)S(=O)(=O)CCNC1CC1. The molecule has 1 unspecified atom stereocenters. The third-order valence-corrected chi connectivity index (χ3v) is 5.97. The Kier molecular flexibility index (Phi) is 5.07. The Labute approximate surface area is 126 Å². The zero-order valence-electron chi connectivity index (χ0n) is 11.8. The second kappa shape index (κ2) is 6.43. The molecule has 6 heteroatoms. The summed E-state index contributed by atoms with van der Waals surface area (Å²) in [7, 11) is -1.67. The van der Waals surface area contributed by atoms with E-state index < -0.39 is 10.0 Å². The standard InChI is InChI=1S/C14H21ClN2O2S/c1-11(13-5-3-4-6-14(13)15)17(2)20(18,19)10-9-16-12-7-8-12/h3-6,11-12,16H,7-10H2,1-2H3. The van der Waals surface area contributed by atoms with Gasteiger partial charge >= 0.3 is 0 Å². The monoisotopic (exact) mass is 316 g/mol.